The Hall–Kier alpha value is -2.02. The molecule has 22 heavy (non-hydrogen) atoms. The van der Waals surface area contributed by atoms with Crippen molar-refractivity contribution in [2.75, 3.05) is 12.3 Å². The third-order valence-corrected chi connectivity index (χ3v) is 4.13. The van der Waals surface area contributed by atoms with Crippen molar-refractivity contribution in [1.29, 1.82) is 0 Å². The van der Waals surface area contributed by atoms with Gasteiger partial charge in [0.05, 0.1) is 11.4 Å². The van der Waals surface area contributed by atoms with E-state index in [4.69, 9.17) is 0 Å². The van der Waals surface area contributed by atoms with Gasteiger partial charge in [0.25, 0.3) is 5.03 Å². The predicted molar refractivity (Wildman–Crippen MR) is 85.5 cm³/mol. The molecule has 1 N–H and O–H groups in total. The van der Waals surface area contributed by atoms with Gasteiger partial charge in [-0.15, -0.1) is 0 Å². The molecule has 0 fully saturated rings. The highest BCUT2D eigenvalue weighted by Gasteiger charge is 2.08. The smallest absolute Gasteiger partial charge is 0.251 e. The molecule has 2 rings (SSSR count). The van der Waals surface area contributed by atoms with E-state index in [9.17, 15) is 10.0 Å². The second-order valence-electron chi connectivity index (χ2n) is 5.01. The summed E-state index contributed by atoms with van der Waals surface area (Å²) in [4.78, 5) is 11.7. The number of thioether (sulfide) groups is 1. The van der Waals surface area contributed by atoms with Gasteiger partial charge >= 0.3 is 0 Å². The van der Waals surface area contributed by atoms with Crippen molar-refractivity contribution >= 4 is 17.7 Å². The second-order valence-corrected chi connectivity index (χ2v) is 6.00. The number of carbonyl (C=O) groups excluding carboxylic acids is 1. The van der Waals surface area contributed by atoms with Crippen LogP contribution < -0.4 is 10.0 Å². The molecule has 0 aliphatic heterocycles. The average Bonchev–Trinajstić information content (AvgIpc) is 2.81. The van der Waals surface area contributed by atoms with Gasteiger partial charge in [-0.25, -0.2) is 0 Å². The number of aromatic nitrogens is 3. The number of hydrogen-bond acceptors (Lipinski definition) is 4. The van der Waals surface area contributed by atoms with E-state index in [2.05, 4.69) is 10.4 Å². The number of nitrogens with one attached hydrogen (secondary N) is 1. The summed E-state index contributed by atoms with van der Waals surface area (Å²) < 4.78 is 2.71. The Morgan fingerprint density at radius 2 is 2.27 bits per heavy atom. The minimum absolute atomic E-state index is 0.0674. The van der Waals surface area contributed by atoms with Crippen LogP contribution in [0.3, 0.4) is 0 Å². The standard InChI is InChI=1S/C15H20N4O2S/c1-12-10-13(2)18(17-12)8-5-7-16-14(20)11-22-15-6-3-4-9-19(15)21/h3-4,6,9-10H,5,7-8,11H2,1-2H3,(H,16,20). The Morgan fingerprint density at radius 3 is 2.95 bits per heavy atom. The fourth-order valence-electron chi connectivity index (χ4n) is 2.07. The van der Waals surface area contributed by atoms with Crippen LogP contribution in [0.25, 0.3) is 0 Å². The molecular weight excluding hydrogens is 300 g/mol. The number of hydrogen-bond donors (Lipinski definition) is 1. The average molecular weight is 320 g/mol. The Kier molecular flexibility index (Phi) is 5.83. The maximum Gasteiger partial charge on any atom is 0.251 e. The summed E-state index contributed by atoms with van der Waals surface area (Å²) in [7, 11) is 0. The van der Waals surface area contributed by atoms with Crippen LogP contribution in [0.4, 0.5) is 0 Å². The maximum absolute atomic E-state index is 11.7. The molecule has 0 unspecified atom stereocenters. The first-order valence-corrected chi connectivity index (χ1v) is 8.13. The lowest BCUT2D eigenvalue weighted by Gasteiger charge is -2.07. The molecule has 0 radical (unpaired) electrons. The van der Waals surface area contributed by atoms with Gasteiger partial charge in [0, 0.05) is 30.9 Å². The molecule has 0 bridgehead atoms. The Balaban J connectivity index is 1.66. The van der Waals surface area contributed by atoms with Crippen LogP contribution in [0.5, 0.6) is 0 Å². The van der Waals surface area contributed by atoms with E-state index >= 15 is 0 Å². The number of nitrogens with zero attached hydrogens (tertiary/aromatic N) is 3. The normalized spacial score (nSPS) is 10.6. The highest BCUT2D eigenvalue weighted by molar-refractivity contribution is 7.99. The van der Waals surface area contributed by atoms with Gasteiger partial charge in [-0.3, -0.25) is 9.48 Å². The summed E-state index contributed by atoms with van der Waals surface area (Å²) in [5, 5.41) is 19.2. The molecular formula is C15H20N4O2S. The van der Waals surface area contributed by atoms with Gasteiger partial charge in [0.15, 0.2) is 6.20 Å². The molecule has 2 aromatic heterocycles. The molecule has 2 heterocycles. The summed E-state index contributed by atoms with van der Waals surface area (Å²) in [6.07, 6.45) is 2.25. The van der Waals surface area contributed by atoms with E-state index < -0.39 is 0 Å². The molecule has 118 valence electrons. The van der Waals surface area contributed by atoms with Gasteiger partial charge in [0.1, 0.15) is 0 Å². The minimum Gasteiger partial charge on any atom is -0.618 e. The number of amides is 1. The zero-order chi connectivity index (χ0) is 15.9. The van der Waals surface area contributed by atoms with Crippen LogP contribution in [-0.2, 0) is 11.3 Å². The topological polar surface area (TPSA) is 73.9 Å². The van der Waals surface area contributed by atoms with Crippen molar-refractivity contribution in [3.63, 3.8) is 0 Å². The zero-order valence-corrected chi connectivity index (χ0v) is 13.6. The van der Waals surface area contributed by atoms with Gasteiger partial charge in [0.2, 0.25) is 5.91 Å². The van der Waals surface area contributed by atoms with E-state index in [0.717, 1.165) is 29.1 Å². The van der Waals surface area contributed by atoms with Crippen LogP contribution in [-0.4, -0.2) is 28.0 Å². The Bertz CT molecular complexity index is 642. The van der Waals surface area contributed by atoms with Gasteiger partial charge in [-0.05, 0) is 44.2 Å². The summed E-state index contributed by atoms with van der Waals surface area (Å²) >= 11 is 1.24. The van der Waals surface area contributed by atoms with Crippen molar-refractivity contribution in [3.05, 3.63) is 47.1 Å². The molecule has 2 aromatic rings. The monoisotopic (exact) mass is 320 g/mol. The SMILES string of the molecule is Cc1cc(C)n(CCCNC(=O)CSc2cccc[n+]2[O-])n1. The molecule has 0 aromatic carbocycles. The molecule has 0 aliphatic rings. The van der Waals surface area contributed by atoms with Crippen LogP contribution in [0.2, 0.25) is 0 Å². The fourth-order valence-corrected chi connectivity index (χ4v) is 2.82. The first-order valence-electron chi connectivity index (χ1n) is 7.15. The van der Waals surface area contributed by atoms with Crippen molar-refractivity contribution < 1.29 is 9.52 Å². The van der Waals surface area contributed by atoms with Crippen molar-refractivity contribution in [1.82, 2.24) is 15.1 Å². The van der Waals surface area contributed by atoms with Crippen LogP contribution in [0.1, 0.15) is 17.8 Å². The second kappa shape index (κ2) is 7.84. The van der Waals surface area contributed by atoms with E-state index in [1.807, 2.05) is 24.6 Å². The molecule has 0 atom stereocenters. The molecule has 0 spiro atoms. The lowest BCUT2D eigenvalue weighted by atomic mass is 10.4. The number of aryl methyl sites for hydroxylation is 3. The van der Waals surface area contributed by atoms with Crippen molar-refractivity contribution in [2.45, 2.75) is 31.8 Å². The van der Waals surface area contributed by atoms with E-state index in [1.165, 1.54) is 18.0 Å². The predicted octanol–water partition coefficient (Wildman–Crippen LogP) is 1.43. The van der Waals surface area contributed by atoms with Crippen molar-refractivity contribution in [2.24, 2.45) is 0 Å². The first kappa shape index (κ1) is 16.4. The van der Waals surface area contributed by atoms with Gasteiger partial charge < -0.3 is 10.5 Å². The molecule has 6 nitrogen and oxygen atoms in total. The highest BCUT2D eigenvalue weighted by atomic mass is 32.2. The third-order valence-electron chi connectivity index (χ3n) is 3.11. The summed E-state index contributed by atoms with van der Waals surface area (Å²) in [6.45, 7) is 5.37. The van der Waals surface area contributed by atoms with Crippen LogP contribution in [0, 0.1) is 19.1 Å². The zero-order valence-electron chi connectivity index (χ0n) is 12.8. The third kappa shape index (κ3) is 4.77. The minimum atomic E-state index is -0.0674. The largest absolute Gasteiger partial charge is 0.618 e. The van der Waals surface area contributed by atoms with Crippen molar-refractivity contribution in [3.8, 4) is 0 Å². The quantitative estimate of drug-likeness (QED) is 0.362. The van der Waals surface area contributed by atoms with E-state index in [1.54, 1.807) is 18.2 Å². The lowest BCUT2D eigenvalue weighted by Crippen LogP contribution is -2.30. The van der Waals surface area contributed by atoms with Crippen LogP contribution >= 0.6 is 11.8 Å². The highest BCUT2D eigenvalue weighted by Crippen LogP contribution is 2.11. The number of pyridine rings is 1. The maximum atomic E-state index is 11.7. The molecule has 0 saturated heterocycles. The van der Waals surface area contributed by atoms with Gasteiger partial charge in [-0.1, -0.05) is 0 Å². The molecule has 1 amide bonds. The summed E-state index contributed by atoms with van der Waals surface area (Å²) in [6, 6.07) is 7.18. The Morgan fingerprint density at radius 1 is 1.45 bits per heavy atom. The number of carbonyl (C=O) groups is 1. The van der Waals surface area contributed by atoms with Gasteiger partial charge in [-0.2, -0.15) is 9.83 Å². The summed E-state index contributed by atoms with van der Waals surface area (Å²) in [5.41, 5.74) is 2.13. The van der Waals surface area contributed by atoms with E-state index in [-0.39, 0.29) is 11.7 Å². The fraction of sp³-hybridized carbons (Fsp3) is 0.400. The summed E-state index contributed by atoms with van der Waals surface area (Å²) in [5.74, 6) is 0.175. The lowest BCUT2D eigenvalue weighted by molar-refractivity contribution is -0.645. The molecule has 0 saturated carbocycles. The molecule has 7 heteroatoms. The Labute approximate surface area is 134 Å². The van der Waals surface area contributed by atoms with Crippen LogP contribution in [0.15, 0.2) is 35.5 Å². The molecule has 0 aliphatic carbocycles. The number of rotatable bonds is 7. The van der Waals surface area contributed by atoms with E-state index in [0.29, 0.717) is 11.6 Å². The first-order chi connectivity index (χ1) is 10.6.